The Hall–Kier alpha value is -3.07. The van der Waals surface area contributed by atoms with Gasteiger partial charge in [0.25, 0.3) is 15.9 Å². The smallest absolute Gasteiger partial charge is 0.262 e. The Bertz CT molecular complexity index is 1080. The summed E-state index contributed by atoms with van der Waals surface area (Å²) < 4.78 is 39.0. The van der Waals surface area contributed by atoms with E-state index in [-0.39, 0.29) is 10.8 Å². The number of rotatable bonds is 4. The maximum Gasteiger partial charge on any atom is 0.262 e. The minimum absolute atomic E-state index is 0.0643. The molecule has 0 saturated carbocycles. The van der Waals surface area contributed by atoms with Crippen molar-refractivity contribution in [2.45, 2.75) is 30.6 Å². The summed E-state index contributed by atoms with van der Waals surface area (Å²) in [6.07, 6.45) is 3.52. The van der Waals surface area contributed by atoms with Crippen molar-refractivity contribution >= 4 is 27.5 Å². The van der Waals surface area contributed by atoms with Crippen molar-refractivity contribution in [2.75, 3.05) is 25.1 Å². The number of anilines is 1. The number of carbonyl (C=O) groups excluding carboxylic acids is 1. The lowest BCUT2D eigenvalue weighted by Gasteiger charge is -2.18. The van der Waals surface area contributed by atoms with Crippen molar-refractivity contribution in [1.29, 1.82) is 0 Å². The molecule has 4 rings (SSSR count). The number of benzene rings is 2. The fourth-order valence-corrected chi connectivity index (χ4v) is 4.43. The third-order valence-corrected chi connectivity index (χ3v) is 6.21. The summed E-state index contributed by atoms with van der Waals surface area (Å²) >= 11 is 0. The molecule has 0 aliphatic carbocycles. The van der Waals surface area contributed by atoms with Gasteiger partial charge < -0.3 is 14.8 Å². The number of nitrogens with one attached hydrogen (secondary N) is 2. The maximum atomic E-state index is 12.7. The monoisotopic (exact) mass is 429 g/mol. The number of hydrogen-bond acceptors (Lipinski definition) is 6. The van der Waals surface area contributed by atoms with Crippen LogP contribution >= 0.6 is 0 Å². The Morgan fingerprint density at radius 3 is 2.67 bits per heavy atom. The van der Waals surface area contributed by atoms with Gasteiger partial charge in [-0.3, -0.25) is 14.5 Å². The molecule has 30 heavy (non-hydrogen) atoms. The zero-order valence-corrected chi connectivity index (χ0v) is 17.2. The van der Waals surface area contributed by atoms with E-state index in [1.54, 1.807) is 30.3 Å². The number of amidine groups is 1. The van der Waals surface area contributed by atoms with Crippen LogP contribution in [0.5, 0.6) is 11.5 Å². The van der Waals surface area contributed by atoms with Gasteiger partial charge >= 0.3 is 0 Å². The average molecular weight is 429 g/mol. The molecule has 9 heteroatoms. The highest BCUT2D eigenvalue weighted by molar-refractivity contribution is 7.90. The van der Waals surface area contributed by atoms with Crippen molar-refractivity contribution in [3.05, 3.63) is 48.0 Å². The molecule has 2 aliphatic heterocycles. The summed E-state index contributed by atoms with van der Waals surface area (Å²) in [6, 6.07) is 11.1. The Labute approximate surface area is 175 Å². The summed E-state index contributed by atoms with van der Waals surface area (Å²) in [5.41, 5.74) is 0.763. The number of fused-ring (bicyclic) bond motifs is 1. The lowest BCUT2D eigenvalue weighted by molar-refractivity contribution is 0.102. The van der Waals surface area contributed by atoms with E-state index in [9.17, 15) is 13.2 Å². The van der Waals surface area contributed by atoms with E-state index in [1.807, 2.05) is 0 Å². The summed E-state index contributed by atoms with van der Waals surface area (Å²) in [6.45, 7) is 1.53. The molecule has 2 aromatic carbocycles. The van der Waals surface area contributed by atoms with E-state index in [2.05, 4.69) is 15.0 Å². The molecule has 2 heterocycles. The van der Waals surface area contributed by atoms with Gasteiger partial charge in [-0.1, -0.05) is 12.5 Å². The van der Waals surface area contributed by atoms with Crippen LogP contribution in [-0.2, 0) is 10.0 Å². The van der Waals surface area contributed by atoms with Crippen LogP contribution < -0.4 is 19.5 Å². The zero-order valence-electron chi connectivity index (χ0n) is 16.4. The van der Waals surface area contributed by atoms with E-state index in [0.717, 1.165) is 19.3 Å². The molecular weight excluding hydrogens is 406 g/mol. The highest BCUT2D eigenvalue weighted by Crippen LogP contribution is 2.31. The van der Waals surface area contributed by atoms with Crippen molar-refractivity contribution in [3.8, 4) is 11.5 Å². The predicted molar refractivity (Wildman–Crippen MR) is 113 cm³/mol. The van der Waals surface area contributed by atoms with E-state index in [0.29, 0.717) is 54.8 Å². The maximum absolute atomic E-state index is 12.7. The van der Waals surface area contributed by atoms with E-state index < -0.39 is 10.0 Å². The minimum atomic E-state index is -3.78. The standard InChI is InChI=1S/C21H23N3O5S/c25-21(15-8-9-18-19(13-15)29-12-11-28-18)23-16-5-4-6-17(14-16)30(26,27)24-20-7-2-1-3-10-22-20/h4-6,8-9,13-14H,1-3,7,10-12H2,(H,22,24)(H,23,25). The van der Waals surface area contributed by atoms with E-state index >= 15 is 0 Å². The molecule has 2 aromatic rings. The molecule has 2 aliphatic rings. The van der Waals surface area contributed by atoms with Crippen LogP contribution in [0.15, 0.2) is 52.4 Å². The molecule has 0 saturated heterocycles. The first-order chi connectivity index (χ1) is 14.5. The second-order valence-corrected chi connectivity index (χ2v) is 8.77. The number of sulfonamides is 1. The summed E-state index contributed by atoms with van der Waals surface area (Å²) in [7, 11) is -3.78. The Kier molecular flexibility index (Phi) is 5.89. The number of ether oxygens (including phenoxy) is 2. The molecule has 0 bridgehead atoms. The third kappa shape index (κ3) is 4.73. The van der Waals surface area contributed by atoms with Gasteiger partial charge in [-0.15, -0.1) is 0 Å². The van der Waals surface area contributed by atoms with E-state index in [1.165, 1.54) is 12.1 Å². The van der Waals surface area contributed by atoms with Crippen LogP contribution in [0.3, 0.4) is 0 Å². The molecular formula is C21H23N3O5S. The molecule has 0 unspecified atom stereocenters. The van der Waals surface area contributed by atoms with Gasteiger partial charge in [-0.2, -0.15) is 0 Å². The molecule has 0 radical (unpaired) electrons. The lowest BCUT2D eigenvalue weighted by Crippen LogP contribution is -2.30. The van der Waals surface area contributed by atoms with Crippen LogP contribution in [0.2, 0.25) is 0 Å². The van der Waals surface area contributed by atoms with Crippen molar-refractivity contribution in [1.82, 2.24) is 4.72 Å². The quantitative estimate of drug-likeness (QED) is 0.777. The average Bonchev–Trinajstić information content (AvgIpc) is 3.02. The Morgan fingerprint density at radius 1 is 0.967 bits per heavy atom. The highest BCUT2D eigenvalue weighted by atomic mass is 32.2. The summed E-state index contributed by atoms with van der Waals surface area (Å²) in [4.78, 5) is 17.0. The molecule has 0 atom stereocenters. The second kappa shape index (κ2) is 8.74. The molecule has 0 fully saturated rings. The van der Waals surface area contributed by atoms with Gasteiger partial charge in [0.1, 0.15) is 19.0 Å². The van der Waals surface area contributed by atoms with Crippen LogP contribution in [-0.4, -0.2) is 39.9 Å². The summed E-state index contributed by atoms with van der Waals surface area (Å²) in [5.74, 6) is 1.22. The highest BCUT2D eigenvalue weighted by Gasteiger charge is 2.19. The number of amides is 1. The van der Waals surface area contributed by atoms with E-state index in [4.69, 9.17) is 9.47 Å². The largest absolute Gasteiger partial charge is 0.486 e. The SMILES string of the molecule is O=C(Nc1cccc(S(=O)(=O)NC2=NCCCCC2)c1)c1ccc2c(c1)OCCO2. The molecule has 2 N–H and O–H groups in total. The lowest BCUT2D eigenvalue weighted by atomic mass is 10.1. The fraction of sp³-hybridized carbons (Fsp3) is 0.333. The van der Waals surface area contributed by atoms with Crippen LogP contribution in [0.4, 0.5) is 5.69 Å². The van der Waals surface area contributed by atoms with Gasteiger partial charge in [0.2, 0.25) is 0 Å². The zero-order chi connectivity index (χ0) is 21.0. The van der Waals surface area contributed by atoms with Crippen LogP contribution in [0, 0.1) is 0 Å². The third-order valence-electron chi connectivity index (χ3n) is 4.83. The van der Waals surface area contributed by atoms with Crippen molar-refractivity contribution < 1.29 is 22.7 Å². The Balaban J connectivity index is 1.49. The minimum Gasteiger partial charge on any atom is -0.486 e. The molecule has 8 nitrogen and oxygen atoms in total. The number of hydrogen-bond donors (Lipinski definition) is 2. The Morgan fingerprint density at radius 2 is 1.80 bits per heavy atom. The topological polar surface area (TPSA) is 106 Å². The first kappa shape index (κ1) is 20.2. The van der Waals surface area contributed by atoms with Gasteiger partial charge in [-0.05, 0) is 49.2 Å². The van der Waals surface area contributed by atoms with Gasteiger partial charge in [-0.25, -0.2) is 8.42 Å². The number of carbonyl (C=O) groups is 1. The van der Waals surface area contributed by atoms with Crippen LogP contribution in [0.1, 0.15) is 36.0 Å². The van der Waals surface area contributed by atoms with Gasteiger partial charge in [0.15, 0.2) is 11.5 Å². The van der Waals surface area contributed by atoms with Gasteiger partial charge in [0.05, 0.1) is 4.90 Å². The molecule has 0 spiro atoms. The fourth-order valence-electron chi connectivity index (χ4n) is 3.30. The number of aliphatic imine (C=N–C) groups is 1. The number of nitrogens with zero attached hydrogens (tertiary/aromatic N) is 1. The predicted octanol–water partition coefficient (Wildman–Crippen LogP) is 2.96. The van der Waals surface area contributed by atoms with Gasteiger partial charge in [0, 0.05) is 24.2 Å². The first-order valence-corrected chi connectivity index (χ1v) is 11.4. The summed E-state index contributed by atoms with van der Waals surface area (Å²) in [5, 5.41) is 2.73. The van der Waals surface area contributed by atoms with Crippen LogP contribution in [0.25, 0.3) is 0 Å². The van der Waals surface area contributed by atoms with Crippen molar-refractivity contribution in [3.63, 3.8) is 0 Å². The normalized spacial score (nSPS) is 16.2. The molecule has 0 aromatic heterocycles. The molecule has 158 valence electrons. The molecule has 1 amide bonds. The second-order valence-electron chi connectivity index (χ2n) is 7.08. The van der Waals surface area contributed by atoms with Crippen molar-refractivity contribution in [2.24, 2.45) is 4.99 Å². The first-order valence-electron chi connectivity index (χ1n) is 9.88.